The molecule has 4 nitrogen and oxygen atoms in total. The molecule has 1 fully saturated rings. The summed E-state index contributed by atoms with van der Waals surface area (Å²) in [6.45, 7) is 4.86. The molecule has 0 radical (unpaired) electrons. The van der Waals surface area contributed by atoms with E-state index in [-0.39, 0.29) is 5.91 Å². The SMILES string of the molecule is CC1CCCN(c2cc(C(=O)NCCc3cccc(Cl)c3)ccn2)C1. The van der Waals surface area contributed by atoms with Crippen LogP contribution in [0.15, 0.2) is 42.6 Å². The van der Waals surface area contributed by atoms with Crippen molar-refractivity contribution < 1.29 is 4.79 Å². The monoisotopic (exact) mass is 357 g/mol. The molecule has 1 atom stereocenters. The Morgan fingerprint density at radius 2 is 2.24 bits per heavy atom. The zero-order chi connectivity index (χ0) is 17.6. The number of aromatic nitrogens is 1. The fourth-order valence-electron chi connectivity index (χ4n) is 3.24. The number of nitrogens with zero attached hydrogens (tertiary/aromatic N) is 2. The first-order valence-electron chi connectivity index (χ1n) is 8.85. The molecule has 25 heavy (non-hydrogen) atoms. The Kier molecular flexibility index (Phi) is 5.92. The molecule has 132 valence electrons. The Labute approximate surface area is 154 Å². The Hall–Kier alpha value is -2.07. The number of carbonyl (C=O) groups excluding carboxylic acids is 1. The van der Waals surface area contributed by atoms with Gasteiger partial charge in [0, 0.05) is 36.4 Å². The van der Waals surface area contributed by atoms with E-state index in [0.29, 0.717) is 18.0 Å². The van der Waals surface area contributed by atoms with Gasteiger partial charge in [-0.3, -0.25) is 4.79 Å². The lowest BCUT2D eigenvalue weighted by molar-refractivity contribution is 0.0954. The maximum Gasteiger partial charge on any atom is 0.251 e. The van der Waals surface area contributed by atoms with E-state index in [1.807, 2.05) is 30.3 Å². The summed E-state index contributed by atoms with van der Waals surface area (Å²) in [6, 6.07) is 11.4. The Morgan fingerprint density at radius 1 is 1.36 bits per heavy atom. The minimum atomic E-state index is -0.0595. The molecule has 5 heteroatoms. The van der Waals surface area contributed by atoms with Crippen LogP contribution in [0.3, 0.4) is 0 Å². The summed E-state index contributed by atoms with van der Waals surface area (Å²) in [5.41, 5.74) is 1.78. The van der Waals surface area contributed by atoms with Crippen molar-refractivity contribution in [1.29, 1.82) is 0 Å². The molecule has 1 aromatic carbocycles. The molecule has 1 aromatic heterocycles. The minimum Gasteiger partial charge on any atom is -0.356 e. The topological polar surface area (TPSA) is 45.2 Å². The molecule has 2 heterocycles. The smallest absolute Gasteiger partial charge is 0.251 e. The molecule has 0 aliphatic carbocycles. The maximum absolute atomic E-state index is 12.4. The van der Waals surface area contributed by atoms with Gasteiger partial charge in [0.15, 0.2) is 0 Å². The van der Waals surface area contributed by atoms with Crippen molar-refractivity contribution in [2.45, 2.75) is 26.2 Å². The van der Waals surface area contributed by atoms with Crippen LogP contribution in [0.2, 0.25) is 5.02 Å². The number of hydrogen-bond donors (Lipinski definition) is 1. The fraction of sp³-hybridized carbons (Fsp3) is 0.400. The standard InChI is InChI=1S/C20H24ClN3O/c1-15-4-3-11-24(14-15)19-13-17(8-10-22-19)20(25)23-9-7-16-5-2-6-18(21)12-16/h2,5-6,8,10,12-13,15H,3-4,7,9,11,14H2,1H3,(H,23,25). The first-order valence-corrected chi connectivity index (χ1v) is 9.23. The lowest BCUT2D eigenvalue weighted by Crippen LogP contribution is -2.35. The lowest BCUT2D eigenvalue weighted by Gasteiger charge is -2.31. The van der Waals surface area contributed by atoms with E-state index in [4.69, 9.17) is 11.6 Å². The van der Waals surface area contributed by atoms with E-state index in [9.17, 15) is 4.79 Å². The zero-order valence-electron chi connectivity index (χ0n) is 14.5. The van der Waals surface area contributed by atoms with Gasteiger partial charge >= 0.3 is 0 Å². The largest absolute Gasteiger partial charge is 0.356 e. The number of carbonyl (C=O) groups is 1. The van der Waals surface area contributed by atoms with Crippen LogP contribution < -0.4 is 10.2 Å². The summed E-state index contributed by atoms with van der Waals surface area (Å²) in [5.74, 6) is 1.51. The van der Waals surface area contributed by atoms with Crippen molar-refractivity contribution in [3.8, 4) is 0 Å². The fourth-order valence-corrected chi connectivity index (χ4v) is 3.46. The molecular formula is C20H24ClN3O. The number of hydrogen-bond acceptors (Lipinski definition) is 3. The van der Waals surface area contributed by atoms with Crippen molar-refractivity contribution >= 4 is 23.3 Å². The van der Waals surface area contributed by atoms with E-state index in [1.165, 1.54) is 12.8 Å². The average molecular weight is 358 g/mol. The number of anilines is 1. The molecule has 0 saturated carbocycles. The predicted molar refractivity (Wildman–Crippen MR) is 102 cm³/mol. The van der Waals surface area contributed by atoms with E-state index in [0.717, 1.165) is 35.9 Å². The molecule has 2 aromatic rings. The van der Waals surface area contributed by atoms with Gasteiger partial charge in [-0.15, -0.1) is 0 Å². The van der Waals surface area contributed by atoms with Gasteiger partial charge < -0.3 is 10.2 Å². The van der Waals surface area contributed by atoms with Crippen molar-refractivity contribution in [3.05, 3.63) is 58.7 Å². The number of amides is 1. The van der Waals surface area contributed by atoms with Crippen molar-refractivity contribution in [1.82, 2.24) is 10.3 Å². The molecule has 1 aliphatic heterocycles. The van der Waals surface area contributed by atoms with Gasteiger partial charge in [-0.05, 0) is 55.0 Å². The number of benzene rings is 1. The van der Waals surface area contributed by atoms with Crippen LogP contribution in [0.5, 0.6) is 0 Å². The van der Waals surface area contributed by atoms with Gasteiger partial charge in [0.25, 0.3) is 5.91 Å². The zero-order valence-corrected chi connectivity index (χ0v) is 15.3. The number of piperidine rings is 1. The second kappa shape index (κ2) is 8.34. The summed E-state index contributed by atoms with van der Waals surface area (Å²) in [6.07, 6.45) is 4.92. The summed E-state index contributed by atoms with van der Waals surface area (Å²) in [4.78, 5) is 19.1. The summed E-state index contributed by atoms with van der Waals surface area (Å²) in [5, 5.41) is 3.70. The van der Waals surface area contributed by atoms with Gasteiger partial charge in [0.05, 0.1) is 0 Å². The van der Waals surface area contributed by atoms with Gasteiger partial charge in [0.2, 0.25) is 0 Å². The third-order valence-corrected chi connectivity index (χ3v) is 4.81. The third kappa shape index (κ3) is 4.95. The minimum absolute atomic E-state index is 0.0595. The van der Waals surface area contributed by atoms with E-state index < -0.39 is 0 Å². The maximum atomic E-state index is 12.4. The first kappa shape index (κ1) is 17.7. The van der Waals surface area contributed by atoms with Gasteiger partial charge in [-0.25, -0.2) is 4.98 Å². The molecule has 1 saturated heterocycles. The average Bonchev–Trinajstić information content (AvgIpc) is 2.62. The van der Waals surface area contributed by atoms with E-state index >= 15 is 0 Å². The van der Waals surface area contributed by atoms with Crippen molar-refractivity contribution in [2.75, 3.05) is 24.5 Å². The molecule has 1 amide bonds. The van der Waals surface area contributed by atoms with Gasteiger partial charge in [-0.1, -0.05) is 30.7 Å². The van der Waals surface area contributed by atoms with Gasteiger partial charge in [-0.2, -0.15) is 0 Å². The number of halogens is 1. The second-order valence-corrected chi connectivity index (χ2v) is 7.17. The Morgan fingerprint density at radius 3 is 3.04 bits per heavy atom. The third-order valence-electron chi connectivity index (χ3n) is 4.58. The van der Waals surface area contributed by atoms with Crippen LogP contribution in [0.4, 0.5) is 5.82 Å². The first-order chi connectivity index (χ1) is 12.1. The molecular weight excluding hydrogens is 334 g/mol. The second-order valence-electron chi connectivity index (χ2n) is 6.73. The van der Waals surface area contributed by atoms with Crippen molar-refractivity contribution in [3.63, 3.8) is 0 Å². The molecule has 1 aliphatic rings. The molecule has 0 spiro atoms. The normalized spacial score (nSPS) is 17.4. The summed E-state index contributed by atoms with van der Waals surface area (Å²) < 4.78 is 0. The van der Waals surface area contributed by atoms with E-state index in [2.05, 4.69) is 22.1 Å². The highest BCUT2D eigenvalue weighted by molar-refractivity contribution is 6.30. The highest BCUT2D eigenvalue weighted by atomic mass is 35.5. The number of nitrogens with one attached hydrogen (secondary N) is 1. The highest BCUT2D eigenvalue weighted by Crippen LogP contribution is 2.21. The van der Waals surface area contributed by atoms with Crippen LogP contribution in [-0.2, 0) is 6.42 Å². The predicted octanol–water partition coefficient (Wildman–Crippen LogP) is 3.94. The molecule has 1 N–H and O–H groups in total. The quantitative estimate of drug-likeness (QED) is 0.881. The molecule has 3 rings (SSSR count). The Bertz CT molecular complexity index is 734. The van der Waals surface area contributed by atoms with Crippen LogP contribution >= 0.6 is 11.6 Å². The lowest BCUT2D eigenvalue weighted by atomic mass is 10.0. The molecule has 0 bridgehead atoms. The van der Waals surface area contributed by atoms with E-state index in [1.54, 1.807) is 12.3 Å². The summed E-state index contributed by atoms with van der Waals surface area (Å²) in [7, 11) is 0. The summed E-state index contributed by atoms with van der Waals surface area (Å²) >= 11 is 5.98. The van der Waals surface area contributed by atoms with Crippen LogP contribution in [0.1, 0.15) is 35.7 Å². The van der Waals surface area contributed by atoms with Crippen LogP contribution in [-0.4, -0.2) is 30.5 Å². The molecule has 1 unspecified atom stereocenters. The number of pyridine rings is 1. The van der Waals surface area contributed by atoms with Gasteiger partial charge in [0.1, 0.15) is 5.82 Å². The van der Waals surface area contributed by atoms with Crippen LogP contribution in [0, 0.1) is 5.92 Å². The number of rotatable bonds is 5. The highest BCUT2D eigenvalue weighted by Gasteiger charge is 2.18. The van der Waals surface area contributed by atoms with Crippen molar-refractivity contribution in [2.24, 2.45) is 5.92 Å². The Balaban J connectivity index is 1.57. The van der Waals surface area contributed by atoms with Crippen LogP contribution in [0.25, 0.3) is 0 Å².